The van der Waals surface area contributed by atoms with E-state index < -0.39 is 29.9 Å². The van der Waals surface area contributed by atoms with E-state index in [0.717, 1.165) is 31.3 Å². The molecule has 0 radical (unpaired) electrons. The normalized spacial score (nSPS) is 36.0. The third-order valence-corrected chi connectivity index (χ3v) is 8.81. The van der Waals surface area contributed by atoms with Gasteiger partial charge in [0.2, 0.25) is 11.8 Å². The Bertz CT molecular complexity index is 1060. The minimum atomic E-state index is -0.776. The molecule has 3 N–H and O–H groups in total. The summed E-state index contributed by atoms with van der Waals surface area (Å²) in [5, 5.41) is 17.0. The van der Waals surface area contributed by atoms with Crippen molar-refractivity contribution in [3.63, 3.8) is 0 Å². The summed E-state index contributed by atoms with van der Waals surface area (Å²) in [7, 11) is 0. The Kier molecular flexibility index (Phi) is 11.0. The van der Waals surface area contributed by atoms with E-state index in [9.17, 15) is 19.5 Å². The third kappa shape index (κ3) is 8.99. The predicted octanol–water partition coefficient (Wildman–Crippen LogP) is 3.03. The summed E-state index contributed by atoms with van der Waals surface area (Å²) in [6.45, 7) is 9.60. The molecule has 4 fully saturated rings. The zero-order valence-corrected chi connectivity index (χ0v) is 25.5. The number of ether oxygens (including phenoxy) is 4. The van der Waals surface area contributed by atoms with E-state index in [1.165, 1.54) is 13.0 Å². The molecule has 4 aliphatic rings. The lowest BCUT2D eigenvalue weighted by atomic mass is 9.87. The Balaban J connectivity index is 1.25. The van der Waals surface area contributed by atoms with Gasteiger partial charge in [-0.3, -0.25) is 14.4 Å². The fourth-order valence-corrected chi connectivity index (χ4v) is 5.93. The summed E-state index contributed by atoms with van der Waals surface area (Å²) in [6.07, 6.45) is 12.2. The van der Waals surface area contributed by atoms with Crippen LogP contribution in [0.1, 0.15) is 79.6 Å². The van der Waals surface area contributed by atoms with E-state index in [0.29, 0.717) is 19.4 Å². The molecule has 10 heteroatoms. The van der Waals surface area contributed by atoms with Crippen LogP contribution in [0, 0.1) is 5.92 Å². The molecule has 3 heterocycles. The molecule has 3 aliphatic heterocycles. The number of amides is 2. The van der Waals surface area contributed by atoms with Gasteiger partial charge in [0, 0.05) is 25.5 Å². The van der Waals surface area contributed by atoms with Gasteiger partial charge in [-0.15, -0.1) is 0 Å². The number of carbonyl (C=O) groups excluding carboxylic acids is 3. The number of aliphatic hydroxyl groups is 1. The molecule has 9 atom stereocenters. The molecule has 0 aromatic carbocycles. The van der Waals surface area contributed by atoms with Crippen LogP contribution in [0.5, 0.6) is 0 Å². The molecule has 0 aromatic heterocycles. The molecular weight excluding hydrogens is 540 g/mol. The van der Waals surface area contributed by atoms with Crippen LogP contribution in [0.4, 0.5) is 0 Å². The molecule has 4 rings (SSSR count). The number of carbonyl (C=O) groups is 3. The van der Waals surface area contributed by atoms with Crippen molar-refractivity contribution < 1.29 is 38.4 Å². The number of epoxide rings is 1. The highest BCUT2D eigenvalue weighted by molar-refractivity contribution is 5.87. The van der Waals surface area contributed by atoms with Crippen LogP contribution in [-0.2, 0) is 33.3 Å². The predicted molar refractivity (Wildman–Crippen MR) is 156 cm³/mol. The zero-order chi connectivity index (χ0) is 30.4. The summed E-state index contributed by atoms with van der Waals surface area (Å²) in [6, 6.07) is 0.170. The van der Waals surface area contributed by atoms with Crippen LogP contribution < -0.4 is 10.6 Å². The van der Waals surface area contributed by atoms with Gasteiger partial charge in [-0.2, -0.15) is 0 Å². The monoisotopic (exact) mass is 588 g/mol. The van der Waals surface area contributed by atoms with E-state index in [2.05, 4.69) is 23.6 Å². The molecular formula is C32H48N2O8. The highest BCUT2D eigenvalue weighted by Crippen LogP contribution is 2.43. The second-order valence-electron chi connectivity index (χ2n) is 12.5. The average Bonchev–Trinajstić information content (AvgIpc) is 3.67. The fraction of sp³-hybridized carbons (Fsp3) is 0.719. The number of rotatable bonds is 11. The van der Waals surface area contributed by atoms with Crippen molar-refractivity contribution in [3.8, 4) is 0 Å². The molecule has 1 spiro atoms. The van der Waals surface area contributed by atoms with Crippen LogP contribution in [-0.4, -0.2) is 83.8 Å². The maximum atomic E-state index is 12.5. The first-order valence-corrected chi connectivity index (χ1v) is 15.4. The van der Waals surface area contributed by atoms with Gasteiger partial charge in [0.1, 0.15) is 23.9 Å². The fourth-order valence-electron chi connectivity index (χ4n) is 5.93. The van der Waals surface area contributed by atoms with Gasteiger partial charge in [0.25, 0.3) is 0 Å². The number of hydrogen-bond donors (Lipinski definition) is 3. The Morgan fingerprint density at radius 1 is 1.12 bits per heavy atom. The first-order valence-electron chi connectivity index (χ1n) is 15.4. The molecule has 0 aromatic rings. The summed E-state index contributed by atoms with van der Waals surface area (Å²) in [4.78, 5) is 35.9. The van der Waals surface area contributed by atoms with E-state index in [1.807, 2.05) is 26.0 Å². The second kappa shape index (κ2) is 14.3. The summed E-state index contributed by atoms with van der Waals surface area (Å²) in [5.41, 5.74) is 0.406. The molecule has 42 heavy (non-hydrogen) atoms. The Morgan fingerprint density at radius 3 is 2.50 bits per heavy atom. The van der Waals surface area contributed by atoms with E-state index >= 15 is 0 Å². The van der Waals surface area contributed by atoms with Crippen molar-refractivity contribution in [1.29, 1.82) is 0 Å². The lowest BCUT2D eigenvalue weighted by Gasteiger charge is -2.39. The minimum absolute atomic E-state index is 0.00124. The van der Waals surface area contributed by atoms with Crippen LogP contribution in [0.3, 0.4) is 0 Å². The van der Waals surface area contributed by atoms with Crippen molar-refractivity contribution in [2.24, 2.45) is 5.92 Å². The Hall–Kier alpha value is -2.53. The SMILES string of the molecule is CC(=O)O[C@@H](C)/C=C\C(=O)N[C@@H]1C[C@H](C)[C@H](C/C=C(C)/C=C/[C@H]2O[C@H](CC(=O)NC3CCC3)C[C@@]3(CO3)[C@@H]2O)O[C@@H]1C. The average molecular weight is 589 g/mol. The molecule has 2 amide bonds. The lowest BCUT2D eigenvalue weighted by Crippen LogP contribution is -2.51. The molecule has 234 valence electrons. The van der Waals surface area contributed by atoms with Crippen LogP contribution in [0.25, 0.3) is 0 Å². The number of nitrogens with one attached hydrogen (secondary N) is 2. The second-order valence-corrected chi connectivity index (χ2v) is 12.5. The number of hydrogen-bond acceptors (Lipinski definition) is 8. The zero-order valence-electron chi connectivity index (χ0n) is 25.5. The smallest absolute Gasteiger partial charge is 0.303 e. The van der Waals surface area contributed by atoms with Gasteiger partial charge in [-0.25, -0.2) is 0 Å². The van der Waals surface area contributed by atoms with Crippen molar-refractivity contribution in [2.45, 2.75) is 134 Å². The van der Waals surface area contributed by atoms with Gasteiger partial charge in [-0.1, -0.05) is 30.7 Å². The van der Waals surface area contributed by atoms with Crippen LogP contribution in [0.2, 0.25) is 0 Å². The van der Waals surface area contributed by atoms with Gasteiger partial charge in [-0.05, 0) is 64.9 Å². The lowest BCUT2D eigenvalue weighted by molar-refractivity contribution is -0.146. The van der Waals surface area contributed by atoms with Gasteiger partial charge >= 0.3 is 5.97 Å². The Morgan fingerprint density at radius 2 is 1.86 bits per heavy atom. The van der Waals surface area contributed by atoms with Crippen molar-refractivity contribution in [3.05, 3.63) is 36.0 Å². The first kappa shape index (κ1) is 32.4. The summed E-state index contributed by atoms with van der Waals surface area (Å²) < 4.78 is 23.1. The first-order chi connectivity index (χ1) is 19.9. The summed E-state index contributed by atoms with van der Waals surface area (Å²) >= 11 is 0. The van der Waals surface area contributed by atoms with Crippen molar-refractivity contribution in [2.75, 3.05) is 6.61 Å². The standard InChI is InChI=1S/C32H48N2O8/c1-19(9-12-27-20(2)15-26(22(4)41-27)34-29(36)14-11-21(3)40-23(5)35)10-13-28-31(38)32(18-39-32)17-25(42-28)16-30(37)33-24-7-6-8-24/h9-11,13-14,20-22,24-28,31,38H,6-8,12,15-18H2,1-5H3,(H,33,37)(H,34,36)/b13-10+,14-11-,19-9+/t20-,21-,22+,25+,26+,27-,28+,31+,32+/m0/s1. The number of aliphatic hydroxyl groups excluding tert-OH is 1. The van der Waals surface area contributed by atoms with E-state index in [1.54, 1.807) is 13.0 Å². The Labute approximate surface area is 249 Å². The molecule has 0 bridgehead atoms. The number of allylic oxidation sites excluding steroid dienone is 2. The molecule has 3 saturated heterocycles. The maximum Gasteiger partial charge on any atom is 0.303 e. The molecule has 1 aliphatic carbocycles. The highest BCUT2D eigenvalue weighted by Gasteiger charge is 2.58. The number of esters is 1. The highest BCUT2D eigenvalue weighted by atomic mass is 16.6. The van der Waals surface area contributed by atoms with E-state index in [4.69, 9.17) is 18.9 Å². The van der Waals surface area contributed by atoms with Gasteiger partial charge in [0.15, 0.2) is 0 Å². The van der Waals surface area contributed by atoms with Crippen LogP contribution in [0.15, 0.2) is 36.0 Å². The van der Waals surface area contributed by atoms with Crippen LogP contribution >= 0.6 is 0 Å². The molecule has 0 unspecified atom stereocenters. The third-order valence-electron chi connectivity index (χ3n) is 8.81. The van der Waals surface area contributed by atoms with E-state index in [-0.39, 0.29) is 54.5 Å². The largest absolute Gasteiger partial charge is 0.459 e. The minimum Gasteiger partial charge on any atom is -0.459 e. The molecule has 1 saturated carbocycles. The van der Waals surface area contributed by atoms with Gasteiger partial charge in [0.05, 0.1) is 37.4 Å². The topological polar surface area (TPSA) is 136 Å². The quantitative estimate of drug-likeness (QED) is 0.145. The van der Waals surface area contributed by atoms with Crippen molar-refractivity contribution in [1.82, 2.24) is 10.6 Å². The van der Waals surface area contributed by atoms with Gasteiger partial charge < -0.3 is 34.7 Å². The maximum absolute atomic E-state index is 12.5. The van der Waals surface area contributed by atoms with Crippen molar-refractivity contribution >= 4 is 17.8 Å². The summed E-state index contributed by atoms with van der Waals surface area (Å²) in [5.74, 6) is -0.409. The molecule has 10 nitrogen and oxygen atoms in total.